The largest absolute Gasteiger partial charge is 0.724 e. The third-order valence-corrected chi connectivity index (χ3v) is 0.750. The molecule has 0 aliphatic heterocycles. The molecule has 12 heteroatoms. The first-order chi connectivity index (χ1) is 4.21. The third-order valence-electron chi connectivity index (χ3n) is 0.194. The first-order valence-corrected chi connectivity index (χ1v) is 4.17. The minimum atomic E-state index is -5.31. The molecule has 0 atom stereocenters. The van der Waals surface area contributed by atoms with Crippen LogP contribution in [0.5, 0.6) is 0 Å². The number of rotatable bonds is 3. The molecule has 0 spiro atoms. The van der Waals surface area contributed by atoms with Crippen LogP contribution in [0.3, 0.4) is 0 Å². The summed E-state index contributed by atoms with van der Waals surface area (Å²) in [5, 5.41) is 0. The molecule has 0 bridgehead atoms. The third kappa shape index (κ3) is 16.7. The van der Waals surface area contributed by atoms with E-state index in [9.17, 15) is 25.9 Å². The van der Waals surface area contributed by atoms with Gasteiger partial charge in [0.1, 0.15) is 0 Å². The molecule has 0 rings (SSSR count). The minimum Gasteiger partial charge on any atom is -0.724 e. The second kappa shape index (κ2) is 5.80. The van der Waals surface area contributed by atoms with E-state index in [1.165, 1.54) is 0 Å². The summed E-state index contributed by atoms with van der Waals surface area (Å²) in [4.78, 5) is 0. The van der Waals surface area contributed by atoms with Crippen LogP contribution in [0.4, 0.5) is 0 Å². The Morgan fingerprint density at radius 1 is 0.833 bits per heavy atom. The number of quaternary nitrogens is 1. The predicted octanol–water partition coefficient (Wildman–Crippen LogP) is -1.77. The summed E-state index contributed by atoms with van der Waals surface area (Å²) in [6.45, 7) is 0. The summed E-state index contributed by atoms with van der Waals surface area (Å²) < 4.78 is 61.5. The molecule has 0 amide bonds. The zero-order chi connectivity index (χ0) is 8.41. The van der Waals surface area contributed by atoms with E-state index in [0.29, 0.717) is 0 Å². The maximum absolute atomic E-state index is 9.37. The summed E-state index contributed by atoms with van der Waals surface area (Å²) in [5.74, 6) is 0. The van der Waals surface area contributed by atoms with Crippen LogP contribution in [0.25, 0.3) is 0 Å². The summed E-state index contributed by atoms with van der Waals surface area (Å²) in [7, 11) is -10.6. The second-order valence-electron chi connectivity index (χ2n) is 0.953. The van der Waals surface area contributed by atoms with Crippen molar-refractivity contribution in [2.24, 2.45) is 0 Å². The molecule has 0 aromatic rings. The molecule has 0 aliphatic rings. The Labute approximate surface area is 78.9 Å². The van der Waals surface area contributed by atoms with Gasteiger partial charge in [-0.3, -0.25) is 0 Å². The maximum atomic E-state index is 9.37. The van der Waals surface area contributed by atoms with Crippen molar-refractivity contribution in [3.63, 3.8) is 0 Å². The van der Waals surface area contributed by atoms with E-state index >= 15 is 0 Å². The molecule has 12 heavy (non-hydrogen) atoms. The summed E-state index contributed by atoms with van der Waals surface area (Å²) >= 11 is 0. The van der Waals surface area contributed by atoms with Gasteiger partial charge in [0.05, 0.1) is 0 Å². The standard InChI is InChI=1S/Fe.H3N.H2O8S2/c;;1-9(2,3)7-8-10(4,5)6/h;1H3;(H,1,2,3)(H,4,5,6)/p-1. The molecule has 0 fully saturated rings. The second-order valence-corrected chi connectivity index (χ2v) is 2.86. The molecule has 78 valence electrons. The van der Waals surface area contributed by atoms with Gasteiger partial charge in [0.25, 0.3) is 0 Å². The van der Waals surface area contributed by atoms with Crippen molar-refractivity contribution in [1.82, 2.24) is 6.15 Å². The first kappa shape index (κ1) is 18.1. The van der Waals surface area contributed by atoms with Crippen molar-refractivity contribution in [1.29, 1.82) is 0 Å². The fourth-order valence-corrected chi connectivity index (χ4v) is 0.612. The Kier molecular flexibility index (Phi) is 8.74. The molecule has 0 aliphatic carbocycles. The Bertz CT molecular complexity index is 253. The van der Waals surface area contributed by atoms with Gasteiger partial charge in [0.15, 0.2) is 0 Å². The number of hydrogen-bond donors (Lipinski definition) is 1. The zero-order valence-electron chi connectivity index (χ0n) is 5.44. The average Bonchev–Trinajstić information content (AvgIpc) is 1.57. The molecule has 0 unspecified atom stereocenters. The van der Waals surface area contributed by atoms with Crippen molar-refractivity contribution >= 4 is 20.8 Å². The average molecular weight is 266 g/mol. The SMILES string of the molecule is O=S(=O)([O-])OOS(=O)(=O)[O-].[Fe].[NH4+]. The van der Waals surface area contributed by atoms with E-state index in [1.54, 1.807) is 0 Å². The first-order valence-electron chi connectivity index (χ1n) is 1.50. The summed E-state index contributed by atoms with van der Waals surface area (Å²) in [6, 6.07) is 0. The number of hydrogen-bond acceptors (Lipinski definition) is 8. The van der Waals surface area contributed by atoms with Crippen LogP contribution >= 0.6 is 0 Å². The van der Waals surface area contributed by atoms with Crippen molar-refractivity contribution in [2.75, 3.05) is 0 Å². The van der Waals surface area contributed by atoms with Gasteiger partial charge in [0, 0.05) is 17.1 Å². The van der Waals surface area contributed by atoms with E-state index in [-0.39, 0.29) is 23.2 Å². The van der Waals surface area contributed by atoms with Crippen LogP contribution in [0.15, 0.2) is 0 Å². The van der Waals surface area contributed by atoms with Gasteiger partial charge in [0.2, 0.25) is 20.8 Å². The van der Waals surface area contributed by atoms with E-state index < -0.39 is 20.8 Å². The van der Waals surface area contributed by atoms with Crippen molar-refractivity contribution in [3.05, 3.63) is 0 Å². The Morgan fingerprint density at radius 3 is 1.08 bits per heavy atom. The zero-order valence-corrected chi connectivity index (χ0v) is 8.17. The van der Waals surface area contributed by atoms with Gasteiger partial charge in [-0.05, 0) is 0 Å². The quantitative estimate of drug-likeness (QED) is 0.205. The Hall–Kier alpha value is 0.219. The normalized spacial score (nSPS) is 11.2. The van der Waals surface area contributed by atoms with Crippen LogP contribution < -0.4 is 6.15 Å². The molecule has 9 nitrogen and oxygen atoms in total. The molecule has 4 N–H and O–H groups in total. The van der Waals surface area contributed by atoms with Gasteiger partial charge in [-0.1, -0.05) is 0 Å². The molecule has 0 radical (unpaired) electrons. The fraction of sp³-hybridized carbons (Fsp3) is 0. The minimum absolute atomic E-state index is 0. The van der Waals surface area contributed by atoms with Gasteiger partial charge in [-0.2, -0.15) is 0 Å². The predicted molar refractivity (Wildman–Crippen MR) is 27.5 cm³/mol. The van der Waals surface area contributed by atoms with Gasteiger partial charge < -0.3 is 15.3 Å². The van der Waals surface area contributed by atoms with Crippen LogP contribution in [0, 0.1) is 0 Å². The van der Waals surface area contributed by atoms with Gasteiger partial charge in [-0.15, -0.1) is 8.67 Å². The van der Waals surface area contributed by atoms with Crippen LogP contribution in [0.1, 0.15) is 0 Å². The Morgan fingerprint density at radius 2 is 1.00 bits per heavy atom. The summed E-state index contributed by atoms with van der Waals surface area (Å²) in [5.41, 5.74) is 0. The molecule has 0 aromatic heterocycles. The Balaban J connectivity index is -0.000000405. The van der Waals surface area contributed by atoms with Gasteiger partial charge >= 0.3 is 0 Å². The molecule has 0 saturated heterocycles. The molecule has 0 aromatic carbocycles. The molecule has 0 saturated carbocycles. The van der Waals surface area contributed by atoms with Crippen LogP contribution in [-0.4, -0.2) is 25.9 Å². The summed E-state index contributed by atoms with van der Waals surface area (Å²) in [6.07, 6.45) is 0. The van der Waals surface area contributed by atoms with Crippen LogP contribution in [0.2, 0.25) is 0 Å². The van der Waals surface area contributed by atoms with E-state index in [4.69, 9.17) is 0 Å². The molecular formula is H4FeNO8S2-. The van der Waals surface area contributed by atoms with Crippen molar-refractivity contribution in [2.45, 2.75) is 0 Å². The smallest absolute Gasteiger partial charge is 0.246 e. The van der Waals surface area contributed by atoms with Crippen molar-refractivity contribution in [3.8, 4) is 0 Å². The van der Waals surface area contributed by atoms with Gasteiger partial charge in [-0.25, -0.2) is 16.8 Å². The molecule has 0 heterocycles. The van der Waals surface area contributed by atoms with Crippen molar-refractivity contribution < 1.29 is 51.7 Å². The van der Waals surface area contributed by atoms with E-state index in [2.05, 4.69) is 8.67 Å². The van der Waals surface area contributed by atoms with E-state index in [0.717, 1.165) is 0 Å². The van der Waals surface area contributed by atoms with E-state index in [1.807, 2.05) is 0 Å². The monoisotopic (exact) mass is 266 g/mol. The fourth-order valence-electron chi connectivity index (χ4n) is 0.0680. The van der Waals surface area contributed by atoms with Crippen LogP contribution in [-0.2, 0) is 46.5 Å². The topological polar surface area (TPSA) is 169 Å². The maximum Gasteiger partial charge on any atom is 0.246 e. The molecular weight excluding hydrogens is 262 g/mol.